The molecule has 3 amide bonds. The molecule has 0 bridgehead atoms. The Kier molecular flexibility index (Phi) is 6.35. The molecule has 136 valence electrons. The fraction of sp³-hybridized carbons (Fsp3) is 0.471. The van der Waals surface area contributed by atoms with Gasteiger partial charge in [-0.15, -0.1) is 0 Å². The van der Waals surface area contributed by atoms with Crippen molar-refractivity contribution in [2.24, 2.45) is 5.92 Å². The van der Waals surface area contributed by atoms with Crippen molar-refractivity contribution in [3.05, 3.63) is 18.2 Å². The zero-order valence-electron chi connectivity index (χ0n) is 14.6. The number of hydrogen-bond acceptors (Lipinski definition) is 5. The van der Waals surface area contributed by atoms with Gasteiger partial charge in [0, 0.05) is 32.3 Å². The summed E-state index contributed by atoms with van der Waals surface area (Å²) in [7, 11) is 2.92. The zero-order valence-corrected chi connectivity index (χ0v) is 14.6. The van der Waals surface area contributed by atoms with Gasteiger partial charge in [-0.2, -0.15) is 0 Å². The monoisotopic (exact) mass is 349 g/mol. The van der Waals surface area contributed by atoms with Crippen LogP contribution in [0.4, 0.5) is 11.4 Å². The van der Waals surface area contributed by atoms with Gasteiger partial charge in [0.05, 0.1) is 18.7 Å². The van der Waals surface area contributed by atoms with Gasteiger partial charge < -0.3 is 25.0 Å². The maximum atomic E-state index is 12.4. The molecule has 1 aromatic carbocycles. The van der Waals surface area contributed by atoms with E-state index in [2.05, 4.69) is 10.6 Å². The number of carbonyl (C=O) groups is 3. The van der Waals surface area contributed by atoms with Gasteiger partial charge >= 0.3 is 0 Å². The molecule has 1 aliphatic heterocycles. The minimum atomic E-state index is -0.374. The predicted molar refractivity (Wildman–Crippen MR) is 92.5 cm³/mol. The summed E-state index contributed by atoms with van der Waals surface area (Å²) < 4.78 is 9.99. The van der Waals surface area contributed by atoms with E-state index < -0.39 is 0 Å². The fourth-order valence-electron chi connectivity index (χ4n) is 2.70. The number of nitrogens with zero attached hydrogens (tertiary/aromatic N) is 1. The predicted octanol–water partition coefficient (Wildman–Crippen LogP) is 1.09. The molecule has 1 aromatic rings. The standard InChI is InChI=1S/C17H23N3O5/c1-4-20-9-11(7-16(20)22)17(23)18-12-5-6-14(25-3)13(8-12)19-15(21)10-24-2/h5-6,8,11H,4,7,9-10H2,1-3H3,(H,18,23)(H,19,21). The van der Waals surface area contributed by atoms with Crippen LogP contribution in [0.1, 0.15) is 13.3 Å². The number of ether oxygens (including phenoxy) is 2. The highest BCUT2D eigenvalue weighted by atomic mass is 16.5. The fourth-order valence-corrected chi connectivity index (χ4v) is 2.70. The van der Waals surface area contributed by atoms with E-state index in [0.29, 0.717) is 30.2 Å². The van der Waals surface area contributed by atoms with E-state index in [1.54, 1.807) is 23.1 Å². The molecule has 0 saturated carbocycles. The molecule has 8 heteroatoms. The molecule has 0 aromatic heterocycles. The summed E-state index contributed by atoms with van der Waals surface area (Å²) in [6.07, 6.45) is 0.216. The van der Waals surface area contributed by atoms with Crippen LogP contribution < -0.4 is 15.4 Å². The normalized spacial score (nSPS) is 16.7. The maximum absolute atomic E-state index is 12.4. The van der Waals surface area contributed by atoms with Crippen LogP contribution in [0.2, 0.25) is 0 Å². The first-order valence-corrected chi connectivity index (χ1v) is 8.04. The molecule has 1 aliphatic rings. The molecule has 1 heterocycles. The Balaban J connectivity index is 2.08. The van der Waals surface area contributed by atoms with E-state index in [1.165, 1.54) is 14.2 Å². The Hall–Kier alpha value is -2.61. The number of nitrogens with one attached hydrogen (secondary N) is 2. The molecule has 1 saturated heterocycles. The van der Waals surface area contributed by atoms with Crippen LogP contribution >= 0.6 is 0 Å². The van der Waals surface area contributed by atoms with Crippen molar-refractivity contribution in [3.63, 3.8) is 0 Å². The van der Waals surface area contributed by atoms with Gasteiger partial charge in [-0.3, -0.25) is 14.4 Å². The molecule has 8 nitrogen and oxygen atoms in total. The molecule has 0 spiro atoms. The molecule has 2 N–H and O–H groups in total. The van der Waals surface area contributed by atoms with Gasteiger partial charge in [-0.25, -0.2) is 0 Å². The number of benzene rings is 1. The van der Waals surface area contributed by atoms with Crippen molar-refractivity contribution < 1.29 is 23.9 Å². The van der Waals surface area contributed by atoms with Crippen molar-refractivity contribution in [1.29, 1.82) is 0 Å². The third-order valence-electron chi connectivity index (χ3n) is 3.98. The van der Waals surface area contributed by atoms with Crippen LogP contribution in [0, 0.1) is 5.92 Å². The largest absolute Gasteiger partial charge is 0.495 e. The highest BCUT2D eigenvalue weighted by Gasteiger charge is 2.33. The smallest absolute Gasteiger partial charge is 0.250 e. The van der Waals surface area contributed by atoms with Crippen molar-refractivity contribution in [2.75, 3.05) is 44.5 Å². The van der Waals surface area contributed by atoms with Gasteiger partial charge in [0.15, 0.2) is 0 Å². The molecule has 25 heavy (non-hydrogen) atoms. The van der Waals surface area contributed by atoms with Crippen molar-refractivity contribution in [1.82, 2.24) is 4.90 Å². The number of likely N-dealkylation sites (tertiary alicyclic amines) is 1. The van der Waals surface area contributed by atoms with Crippen molar-refractivity contribution >= 4 is 29.1 Å². The van der Waals surface area contributed by atoms with Gasteiger partial charge in [-0.1, -0.05) is 0 Å². The van der Waals surface area contributed by atoms with Crippen molar-refractivity contribution in [3.8, 4) is 5.75 Å². The number of carbonyl (C=O) groups excluding carboxylic acids is 3. The topological polar surface area (TPSA) is 97.0 Å². The first-order chi connectivity index (χ1) is 12.0. The number of methoxy groups -OCH3 is 2. The molecular formula is C17H23N3O5. The highest BCUT2D eigenvalue weighted by molar-refractivity contribution is 5.99. The highest BCUT2D eigenvalue weighted by Crippen LogP contribution is 2.28. The molecular weight excluding hydrogens is 326 g/mol. The average Bonchev–Trinajstić information content (AvgIpc) is 2.96. The van der Waals surface area contributed by atoms with Gasteiger partial charge in [0.2, 0.25) is 17.7 Å². The Labute approximate surface area is 146 Å². The Morgan fingerprint density at radius 3 is 2.64 bits per heavy atom. The lowest BCUT2D eigenvalue weighted by Gasteiger charge is -2.15. The third-order valence-corrected chi connectivity index (χ3v) is 3.98. The SMILES string of the molecule is CCN1CC(C(=O)Nc2ccc(OC)c(NC(=O)COC)c2)CC1=O. The second-order valence-electron chi connectivity index (χ2n) is 5.72. The second-order valence-corrected chi connectivity index (χ2v) is 5.72. The number of amides is 3. The van der Waals surface area contributed by atoms with Gasteiger partial charge in [0.1, 0.15) is 12.4 Å². The molecule has 1 fully saturated rings. The van der Waals surface area contributed by atoms with Crippen LogP contribution in [0.3, 0.4) is 0 Å². The average molecular weight is 349 g/mol. The first kappa shape index (κ1) is 18.7. The van der Waals surface area contributed by atoms with Crippen LogP contribution in [-0.4, -0.2) is 56.5 Å². The molecule has 0 radical (unpaired) electrons. The van der Waals surface area contributed by atoms with Gasteiger partial charge in [-0.05, 0) is 25.1 Å². The van der Waals surface area contributed by atoms with E-state index >= 15 is 0 Å². The molecule has 2 rings (SSSR count). The lowest BCUT2D eigenvalue weighted by Crippen LogP contribution is -2.28. The summed E-state index contributed by atoms with van der Waals surface area (Å²) in [5.74, 6) is -0.463. The summed E-state index contributed by atoms with van der Waals surface area (Å²) >= 11 is 0. The Morgan fingerprint density at radius 1 is 1.28 bits per heavy atom. The Bertz CT molecular complexity index is 662. The number of hydrogen-bond donors (Lipinski definition) is 2. The summed E-state index contributed by atoms with van der Waals surface area (Å²) in [6.45, 7) is 2.82. The summed E-state index contributed by atoms with van der Waals surface area (Å²) in [4.78, 5) is 37.5. The molecule has 1 atom stereocenters. The molecule has 1 unspecified atom stereocenters. The molecule has 0 aliphatic carbocycles. The van der Waals surface area contributed by atoms with E-state index in [1.807, 2.05) is 6.92 Å². The quantitative estimate of drug-likeness (QED) is 0.768. The zero-order chi connectivity index (χ0) is 18.4. The summed E-state index contributed by atoms with van der Waals surface area (Å²) in [6, 6.07) is 4.94. The first-order valence-electron chi connectivity index (χ1n) is 8.04. The van der Waals surface area contributed by atoms with E-state index in [0.717, 1.165) is 0 Å². The second kappa shape index (κ2) is 8.48. The van der Waals surface area contributed by atoms with Gasteiger partial charge in [0.25, 0.3) is 0 Å². The third kappa shape index (κ3) is 4.69. The van der Waals surface area contributed by atoms with E-state index in [-0.39, 0.29) is 36.7 Å². The lowest BCUT2D eigenvalue weighted by atomic mass is 10.1. The number of anilines is 2. The number of rotatable bonds is 7. The van der Waals surface area contributed by atoms with Crippen LogP contribution in [0.5, 0.6) is 5.75 Å². The van der Waals surface area contributed by atoms with Crippen LogP contribution in [-0.2, 0) is 19.1 Å². The summed E-state index contributed by atoms with van der Waals surface area (Å²) in [5.41, 5.74) is 0.945. The van der Waals surface area contributed by atoms with Crippen LogP contribution in [0.25, 0.3) is 0 Å². The van der Waals surface area contributed by atoms with Crippen LogP contribution in [0.15, 0.2) is 18.2 Å². The minimum Gasteiger partial charge on any atom is -0.495 e. The minimum absolute atomic E-state index is 0.00935. The van der Waals surface area contributed by atoms with E-state index in [9.17, 15) is 14.4 Å². The lowest BCUT2D eigenvalue weighted by molar-refractivity contribution is -0.128. The van der Waals surface area contributed by atoms with E-state index in [4.69, 9.17) is 9.47 Å². The van der Waals surface area contributed by atoms with Crippen molar-refractivity contribution in [2.45, 2.75) is 13.3 Å². The Morgan fingerprint density at radius 2 is 2.04 bits per heavy atom. The summed E-state index contributed by atoms with van der Waals surface area (Å²) in [5, 5.41) is 5.46. The maximum Gasteiger partial charge on any atom is 0.250 e.